The van der Waals surface area contributed by atoms with Crippen LogP contribution < -0.4 is 4.74 Å². The Morgan fingerprint density at radius 1 is 1.00 bits per heavy atom. The summed E-state index contributed by atoms with van der Waals surface area (Å²) in [5, 5.41) is 3.13. The van der Waals surface area contributed by atoms with E-state index in [1.165, 1.54) is 0 Å². The van der Waals surface area contributed by atoms with E-state index in [0.29, 0.717) is 43.4 Å². The lowest BCUT2D eigenvalue weighted by atomic mass is 10.2. The Balaban J connectivity index is 1.35. The van der Waals surface area contributed by atoms with Gasteiger partial charge in [0.25, 0.3) is 0 Å². The van der Waals surface area contributed by atoms with Gasteiger partial charge in [-0.2, -0.15) is 4.31 Å². The number of sulfonamides is 1. The van der Waals surface area contributed by atoms with Gasteiger partial charge in [0.05, 0.1) is 23.7 Å². The summed E-state index contributed by atoms with van der Waals surface area (Å²) in [4.78, 5) is 7.32. The zero-order chi connectivity index (χ0) is 21.0. The Kier molecular flexibility index (Phi) is 6.48. The molecule has 4 rings (SSSR count). The molecule has 30 heavy (non-hydrogen) atoms. The molecule has 2 heterocycles. The summed E-state index contributed by atoms with van der Waals surface area (Å²) < 4.78 is 32.8. The van der Waals surface area contributed by atoms with Crippen LogP contribution >= 0.6 is 11.3 Å². The normalized spacial score (nSPS) is 15.9. The lowest BCUT2D eigenvalue weighted by Crippen LogP contribution is -2.48. The van der Waals surface area contributed by atoms with Crippen molar-refractivity contribution in [1.82, 2.24) is 14.2 Å². The molecule has 1 saturated heterocycles. The van der Waals surface area contributed by atoms with Gasteiger partial charge in [0, 0.05) is 37.1 Å². The van der Waals surface area contributed by atoms with Crippen molar-refractivity contribution in [3.63, 3.8) is 0 Å². The second kappa shape index (κ2) is 9.26. The molecule has 1 aliphatic rings. The van der Waals surface area contributed by atoms with Crippen molar-refractivity contribution in [2.24, 2.45) is 0 Å². The van der Waals surface area contributed by atoms with E-state index in [9.17, 15) is 8.42 Å². The molecule has 2 aromatic carbocycles. The standard InChI is InChI=1S/C22H25N3O3S2/c1-2-28-19-8-10-20(11-9-19)30(26,27)25-14-12-24(13-15-25)16-22-23-21(17-29-22)18-6-4-3-5-7-18/h3-11,17H,2,12-16H2,1H3. The van der Waals surface area contributed by atoms with Crippen molar-refractivity contribution >= 4 is 21.4 Å². The van der Waals surface area contributed by atoms with Crippen LogP contribution in [0.5, 0.6) is 5.75 Å². The third-order valence-electron chi connectivity index (χ3n) is 5.08. The summed E-state index contributed by atoms with van der Waals surface area (Å²) in [6.07, 6.45) is 0. The van der Waals surface area contributed by atoms with Gasteiger partial charge in [-0.1, -0.05) is 30.3 Å². The smallest absolute Gasteiger partial charge is 0.243 e. The van der Waals surface area contributed by atoms with E-state index in [0.717, 1.165) is 22.8 Å². The van der Waals surface area contributed by atoms with E-state index < -0.39 is 10.0 Å². The van der Waals surface area contributed by atoms with Gasteiger partial charge < -0.3 is 4.74 Å². The average Bonchev–Trinajstić information content (AvgIpc) is 3.24. The topological polar surface area (TPSA) is 62.7 Å². The number of benzene rings is 2. The SMILES string of the molecule is CCOc1ccc(S(=O)(=O)N2CCN(Cc3nc(-c4ccccc4)cs3)CC2)cc1. The van der Waals surface area contributed by atoms with Gasteiger partial charge in [-0.05, 0) is 31.2 Å². The van der Waals surface area contributed by atoms with Crippen LogP contribution in [0, 0.1) is 0 Å². The van der Waals surface area contributed by atoms with E-state index in [1.54, 1.807) is 39.9 Å². The molecule has 0 spiro atoms. The molecular weight excluding hydrogens is 418 g/mol. The maximum Gasteiger partial charge on any atom is 0.243 e. The molecule has 0 N–H and O–H groups in total. The highest BCUT2D eigenvalue weighted by Gasteiger charge is 2.28. The Bertz CT molecular complexity index is 1060. The first-order valence-electron chi connectivity index (χ1n) is 10.0. The lowest BCUT2D eigenvalue weighted by molar-refractivity contribution is 0.181. The van der Waals surface area contributed by atoms with Crippen molar-refractivity contribution in [3.05, 3.63) is 65.0 Å². The van der Waals surface area contributed by atoms with Crippen molar-refractivity contribution in [3.8, 4) is 17.0 Å². The quantitative estimate of drug-likeness (QED) is 0.557. The fourth-order valence-corrected chi connectivity index (χ4v) is 5.73. The monoisotopic (exact) mass is 443 g/mol. The van der Waals surface area contributed by atoms with Crippen molar-refractivity contribution in [1.29, 1.82) is 0 Å². The van der Waals surface area contributed by atoms with E-state index >= 15 is 0 Å². The minimum absolute atomic E-state index is 0.312. The second-order valence-corrected chi connectivity index (χ2v) is 9.96. The molecule has 0 aliphatic carbocycles. The van der Waals surface area contributed by atoms with Crippen LogP contribution in [-0.2, 0) is 16.6 Å². The van der Waals surface area contributed by atoms with Crippen LogP contribution in [0.2, 0.25) is 0 Å². The van der Waals surface area contributed by atoms with Gasteiger partial charge in [0.15, 0.2) is 0 Å². The van der Waals surface area contributed by atoms with Crippen LogP contribution in [0.4, 0.5) is 0 Å². The van der Waals surface area contributed by atoms with E-state index in [4.69, 9.17) is 9.72 Å². The van der Waals surface area contributed by atoms with Crippen molar-refractivity contribution < 1.29 is 13.2 Å². The molecule has 3 aromatic rings. The Hall–Kier alpha value is -2.26. The molecule has 1 aliphatic heterocycles. The summed E-state index contributed by atoms with van der Waals surface area (Å²) >= 11 is 1.65. The maximum absolute atomic E-state index is 12.9. The highest BCUT2D eigenvalue weighted by molar-refractivity contribution is 7.89. The van der Waals surface area contributed by atoms with Crippen LogP contribution in [0.15, 0.2) is 64.9 Å². The summed E-state index contributed by atoms with van der Waals surface area (Å²) in [5.41, 5.74) is 2.11. The molecule has 158 valence electrons. The first-order chi connectivity index (χ1) is 14.6. The zero-order valence-electron chi connectivity index (χ0n) is 16.9. The summed E-state index contributed by atoms with van der Waals surface area (Å²) in [5.74, 6) is 0.680. The van der Waals surface area contributed by atoms with E-state index in [-0.39, 0.29) is 0 Å². The minimum atomic E-state index is -3.48. The summed E-state index contributed by atoms with van der Waals surface area (Å²) in [7, 11) is -3.48. The largest absolute Gasteiger partial charge is 0.494 e. The highest BCUT2D eigenvalue weighted by atomic mass is 32.2. The molecule has 0 amide bonds. The zero-order valence-corrected chi connectivity index (χ0v) is 18.5. The molecule has 0 saturated carbocycles. The first kappa shape index (κ1) is 21.0. The number of rotatable bonds is 7. The molecule has 1 fully saturated rings. The molecule has 0 bridgehead atoms. The number of hydrogen-bond acceptors (Lipinski definition) is 6. The molecule has 6 nitrogen and oxygen atoms in total. The van der Waals surface area contributed by atoms with Crippen LogP contribution in [0.25, 0.3) is 11.3 Å². The van der Waals surface area contributed by atoms with Gasteiger partial charge in [-0.25, -0.2) is 13.4 Å². The molecule has 1 aromatic heterocycles. The van der Waals surface area contributed by atoms with Gasteiger partial charge >= 0.3 is 0 Å². The first-order valence-corrected chi connectivity index (χ1v) is 12.3. The molecule has 0 atom stereocenters. The fourth-order valence-electron chi connectivity index (χ4n) is 3.47. The van der Waals surface area contributed by atoms with Gasteiger partial charge in [0.1, 0.15) is 10.8 Å². The molecule has 0 unspecified atom stereocenters. The molecule has 8 heteroatoms. The summed E-state index contributed by atoms with van der Waals surface area (Å²) in [6.45, 7) is 5.54. The summed E-state index contributed by atoms with van der Waals surface area (Å²) in [6, 6.07) is 16.8. The van der Waals surface area contributed by atoms with Crippen LogP contribution in [0.3, 0.4) is 0 Å². The Labute approximate surface area is 181 Å². The minimum Gasteiger partial charge on any atom is -0.494 e. The van der Waals surface area contributed by atoms with Gasteiger partial charge in [-0.3, -0.25) is 4.90 Å². The number of piperazine rings is 1. The predicted octanol–water partition coefficient (Wildman–Crippen LogP) is 3.72. The van der Waals surface area contributed by atoms with Crippen molar-refractivity contribution in [2.75, 3.05) is 32.8 Å². The van der Waals surface area contributed by atoms with Crippen LogP contribution in [-0.4, -0.2) is 55.4 Å². The third-order valence-corrected chi connectivity index (χ3v) is 7.83. The van der Waals surface area contributed by atoms with Gasteiger partial charge in [-0.15, -0.1) is 11.3 Å². The number of thiazole rings is 1. The third kappa shape index (κ3) is 4.73. The predicted molar refractivity (Wildman–Crippen MR) is 119 cm³/mol. The highest BCUT2D eigenvalue weighted by Crippen LogP contribution is 2.24. The van der Waals surface area contributed by atoms with Crippen molar-refractivity contribution in [2.45, 2.75) is 18.4 Å². The number of nitrogens with zero attached hydrogens (tertiary/aromatic N) is 3. The van der Waals surface area contributed by atoms with E-state index in [2.05, 4.69) is 22.4 Å². The van der Waals surface area contributed by atoms with Crippen LogP contribution in [0.1, 0.15) is 11.9 Å². The maximum atomic E-state index is 12.9. The Morgan fingerprint density at radius 2 is 1.70 bits per heavy atom. The van der Waals surface area contributed by atoms with Gasteiger partial charge in [0.2, 0.25) is 10.0 Å². The number of aromatic nitrogens is 1. The fraction of sp³-hybridized carbons (Fsp3) is 0.318. The number of ether oxygens (including phenoxy) is 1. The lowest BCUT2D eigenvalue weighted by Gasteiger charge is -2.33. The Morgan fingerprint density at radius 3 is 2.37 bits per heavy atom. The average molecular weight is 444 g/mol. The second-order valence-electron chi connectivity index (χ2n) is 7.08. The van der Waals surface area contributed by atoms with E-state index in [1.807, 2.05) is 25.1 Å². The molecule has 0 radical (unpaired) electrons. The molecular formula is C22H25N3O3S2. The number of hydrogen-bond donors (Lipinski definition) is 0.